The maximum Gasteiger partial charge on any atom is 0.256 e. The van der Waals surface area contributed by atoms with Crippen LogP contribution >= 0.6 is 11.6 Å². The van der Waals surface area contributed by atoms with E-state index in [1.54, 1.807) is 23.9 Å². The van der Waals surface area contributed by atoms with Crippen LogP contribution in [0.5, 0.6) is 0 Å². The van der Waals surface area contributed by atoms with Crippen molar-refractivity contribution < 1.29 is 4.79 Å². The third kappa shape index (κ3) is 3.17. The van der Waals surface area contributed by atoms with Gasteiger partial charge in [0.05, 0.1) is 5.69 Å². The second-order valence-electron chi connectivity index (χ2n) is 5.01. The largest absolute Gasteiger partial charge is 0.307 e. The fourth-order valence-corrected chi connectivity index (χ4v) is 2.08. The number of carbonyl (C=O) groups excluding carboxylic acids is 1. The van der Waals surface area contributed by atoms with E-state index in [1.165, 1.54) is 0 Å². The number of nitrogens with one attached hydrogen (secondary N) is 1. The quantitative estimate of drug-likeness (QED) is 0.884. The number of pyridine rings is 1. The normalized spacial score (nSPS) is 10.9. The summed E-state index contributed by atoms with van der Waals surface area (Å²) in [6.07, 6.45) is 0. The van der Waals surface area contributed by atoms with Crippen LogP contribution in [-0.4, -0.2) is 20.7 Å². The van der Waals surface area contributed by atoms with E-state index >= 15 is 0 Å². The standard InChI is InChI=1S/C14H17ClN4O/c1-8(2)11-6-10(7-12(15)16-11)14(20)17-13-5-9(3)18-19(13)4/h5-8H,1-4H3,(H,17,20). The Bertz CT molecular complexity index is 649. The third-order valence-corrected chi connectivity index (χ3v) is 3.10. The molecule has 2 aromatic rings. The van der Waals surface area contributed by atoms with Crippen LogP contribution in [0, 0.1) is 6.92 Å². The number of aryl methyl sites for hydroxylation is 2. The number of rotatable bonds is 3. The fraction of sp³-hybridized carbons (Fsp3) is 0.357. The van der Waals surface area contributed by atoms with Crippen LogP contribution in [0.25, 0.3) is 0 Å². The number of hydrogen-bond donors (Lipinski definition) is 1. The summed E-state index contributed by atoms with van der Waals surface area (Å²) in [5.41, 5.74) is 2.13. The van der Waals surface area contributed by atoms with Gasteiger partial charge in [0.15, 0.2) is 0 Å². The summed E-state index contributed by atoms with van der Waals surface area (Å²) in [5, 5.41) is 7.32. The zero-order valence-corrected chi connectivity index (χ0v) is 12.7. The second kappa shape index (κ2) is 5.63. The minimum atomic E-state index is -0.223. The molecule has 0 saturated carbocycles. The summed E-state index contributed by atoms with van der Waals surface area (Å²) < 4.78 is 1.62. The molecular formula is C14H17ClN4O. The van der Waals surface area contributed by atoms with Crippen LogP contribution in [0.2, 0.25) is 5.15 Å². The van der Waals surface area contributed by atoms with Crippen molar-refractivity contribution in [1.82, 2.24) is 14.8 Å². The van der Waals surface area contributed by atoms with Crippen molar-refractivity contribution in [3.8, 4) is 0 Å². The Morgan fingerprint density at radius 2 is 2.05 bits per heavy atom. The lowest BCUT2D eigenvalue weighted by molar-refractivity contribution is 0.102. The molecule has 6 heteroatoms. The lowest BCUT2D eigenvalue weighted by Gasteiger charge is -2.09. The SMILES string of the molecule is Cc1cc(NC(=O)c2cc(Cl)nc(C(C)C)c2)n(C)n1. The van der Waals surface area contributed by atoms with Gasteiger partial charge in [-0.15, -0.1) is 0 Å². The predicted molar refractivity (Wildman–Crippen MR) is 79.2 cm³/mol. The van der Waals surface area contributed by atoms with Gasteiger partial charge in [-0.25, -0.2) is 4.98 Å². The summed E-state index contributed by atoms with van der Waals surface area (Å²) >= 11 is 5.97. The van der Waals surface area contributed by atoms with Crippen molar-refractivity contribution in [1.29, 1.82) is 0 Å². The molecule has 0 unspecified atom stereocenters. The Kier molecular flexibility index (Phi) is 4.09. The first-order chi connectivity index (χ1) is 9.36. The van der Waals surface area contributed by atoms with Crippen LogP contribution in [-0.2, 0) is 7.05 Å². The first-order valence-corrected chi connectivity index (χ1v) is 6.74. The highest BCUT2D eigenvalue weighted by Crippen LogP contribution is 2.19. The van der Waals surface area contributed by atoms with Crippen molar-refractivity contribution in [3.63, 3.8) is 0 Å². The van der Waals surface area contributed by atoms with E-state index in [0.717, 1.165) is 11.4 Å². The molecule has 0 aliphatic heterocycles. The molecule has 1 N–H and O–H groups in total. The molecule has 2 aromatic heterocycles. The van der Waals surface area contributed by atoms with Gasteiger partial charge in [0.1, 0.15) is 11.0 Å². The zero-order chi connectivity index (χ0) is 14.9. The Morgan fingerprint density at radius 1 is 1.35 bits per heavy atom. The molecule has 0 saturated heterocycles. The number of halogens is 1. The smallest absolute Gasteiger partial charge is 0.256 e. The minimum absolute atomic E-state index is 0.208. The molecule has 0 fully saturated rings. The first-order valence-electron chi connectivity index (χ1n) is 6.36. The molecule has 5 nitrogen and oxygen atoms in total. The molecule has 0 spiro atoms. The Morgan fingerprint density at radius 3 is 2.60 bits per heavy atom. The van der Waals surface area contributed by atoms with Gasteiger partial charge in [-0.2, -0.15) is 5.10 Å². The van der Waals surface area contributed by atoms with Crippen molar-refractivity contribution in [3.05, 3.63) is 40.3 Å². The van der Waals surface area contributed by atoms with Crippen LogP contribution in [0.15, 0.2) is 18.2 Å². The van der Waals surface area contributed by atoms with Gasteiger partial charge < -0.3 is 5.32 Å². The van der Waals surface area contributed by atoms with Crippen LogP contribution in [0.1, 0.15) is 41.5 Å². The summed E-state index contributed by atoms with van der Waals surface area (Å²) in [5.74, 6) is 0.630. The fourth-order valence-electron chi connectivity index (χ4n) is 1.86. The van der Waals surface area contributed by atoms with Crippen LogP contribution in [0.4, 0.5) is 5.82 Å². The molecular weight excluding hydrogens is 276 g/mol. The third-order valence-electron chi connectivity index (χ3n) is 2.91. The molecule has 0 aliphatic rings. The van der Waals surface area contributed by atoms with Gasteiger partial charge in [-0.3, -0.25) is 9.48 Å². The average Bonchev–Trinajstić information content (AvgIpc) is 2.66. The number of aromatic nitrogens is 3. The van der Waals surface area contributed by atoms with E-state index in [-0.39, 0.29) is 11.8 Å². The highest BCUT2D eigenvalue weighted by molar-refractivity contribution is 6.29. The van der Waals surface area contributed by atoms with E-state index in [4.69, 9.17) is 11.6 Å². The van der Waals surface area contributed by atoms with Crippen molar-refractivity contribution in [2.75, 3.05) is 5.32 Å². The number of carbonyl (C=O) groups is 1. The number of hydrogen-bond acceptors (Lipinski definition) is 3. The molecule has 2 heterocycles. The Balaban J connectivity index is 2.27. The number of amides is 1. The maximum absolute atomic E-state index is 12.3. The lowest BCUT2D eigenvalue weighted by atomic mass is 10.1. The highest BCUT2D eigenvalue weighted by atomic mass is 35.5. The summed E-state index contributed by atoms with van der Waals surface area (Å²) in [4.78, 5) is 16.5. The van der Waals surface area contributed by atoms with Crippen molar-refractivity contribution in [2.24, 2.45) is 7.05 Å². The minimum Gasteiger partial charge on any atom is -0.307 e. The monoisotopic (exact) mass is 292 g/mol. The molecule has 20 heavy (non-hydrogen) atoms. The van der Waals surface area contributed by atoms with Gasteiger partial charge in [0.2, 0.25) is 0 Å². The van der Waals surface area contributed by atoms with E-state index in [9.17, 15) is 4.79 Å². The van der Waals surface area contributed by atoms with Gasteiger partial charge in [-0.1, -0.05) is 25.4 Å². The van der Waals surface area contributed by atoms with Gasteiger partial charge >= 0.3 is 0 Å². The lowest BCUT2D eigenvalue weighted by Crippen LogP contribution is -2.15. The van der Waals surface area contributed by atoms with Gasteiger partial charge in [0.25, 0.3) is 5.91 Å². The Hall–Kier alpha value is -1.88. The van der Waals surface area contributed by atoms with Crippen LogP contribution < -0.4 is 5.32 Å². The molecule has 0 aliphatic carbocycles. The van der Waals surface area contributed by atoms with E-state index in [2.05, 4.69) is 15.4 Å². The van der Waals surface area contributed by atoms with Crippen molar-refractivity contribution >= 4 is 23.3 Å². The second-order valence-corrected chi connectivity index (χ2v) is 5.39. The average molecular weight is 293 g/mol. The molecule has 0 bridgehead atoms. The number of nitrogens with zero attached hydrogens (tertiary/aromatic N) is 3. The molecule has 0 aromatic carbocycles. The molecule has 2 rings (SSSR count). The first kappa shape index (κ1) is 14.5. The van der Waals surface area contributed by atoms with E-state index in [1.807, 2.05) is 26.8 Å². The van der Waals surface area contributed by atoms with E-state index in [0.29, 0.717) is 16.5 Å². The number of anilines is 1. The predicted octanol–water partition coefficient (Wildman–Crippen LogP) is 3.15. The summed E-state index contributed by atoms with van der Waals surface area (Å²) in [6, 6.07) is 5.13. The zero-order valence-electron chi connectivity index (χ0n) is 11.9. The maximum atomic E-state index is 12.3. The van der Waals surface area contributed by atoms with Gasteiger partial charge in [0, 0.05) is 24.4 Å². The molecule has 0 atom stereocenters. The van der Waals surface area contributed by atoms with E-state index < -0.39 is 0 Å². The molecule has 1 amide bonds. The molecule has 0 radical (unpaired) electrons. The summed E-state index contributed by atoms with van der Waals surface area (Å²) in [6.45, 7) is 5.88. The molecule has 106 valence electrons. The highest BCUT2D eigenvalue weighted by Gasteiger charge is 2.13. The van der Waals surface area contributed by atoms with Crippen LogP contribution in [0.3, 0.4) is 0 Å². The summed E-state index contributed by atoms with van der Waals surface area (Å²) in [7, 11) is 1.78. The van der Waals surface area contributed by atoms with Gasteiger partial charge in [-0.05, 0) is 25.0 Å². The Labute approximate surface area is 123 Å². The van der Waals surface area contributed by atoms with Crippen molar-refractivity contribution in [2.45, 2.75) is 26.7 Å². The topological polar surface area (TPSA) is 59.8 Å².